The second-order valence-electron chi connectivity index (χ2n) is 6.31. The van der Waals surface area contributed by atoms with E-state index < -0.39 is 0 Å². The zero-order valence-electron chi connectivity index (χ0n) is 12.8. The molecule has 3 aliphatic rings. The first-order valence-corrected chi connectivity index (χ1v) is 8.01. The van der Waals surface area contributed by atoms with Crippen LogP contribution in [0.25, 0.3) is 10.8 Å². The number of aromatic hydroxyl groups is 1. The summed E-state index contributed by atoms with van der Waals surface area (Å²) in [6, 6.07) is 11.0. The van der Waals surface area contributed by atoms with Gasteiger partial charge in [0.15, 0.2) is 0 Å². The van der Waals surface area contributed by atoms with E-state index in [1.54, 1.807) is 12.1 Å². The van der Waals surface area contributed by atoms with E-state index in [0.717, 1.165) is 49.0 Å². The second kappa shape index (κ2) is 5.66. The van der Waals surface area contributed by atoms with Crippen molar-refractivity contribution in [2.24, 2.45) is 11.0 Å². The lowest BCUT2D eigenvalue weighted by Crippen LogP contribution is -2.48. The molecule has 3 saturated heterocycles. The highest BCUT2D eigenvalue weighted by Gasteiger charge is 2.31. The number of nitrogens with zero attached hydrogens (tertiary/aromatic N) is 2. The van der Waals surface area contributed by atoms with E-state index in [0.29, 0.717) is 5.92 Å². The summed E-state index contributed by atoms with van der Waals surface area (Å²) in [6.07, 6.45) is 2.24. The Balaban J connectivity index is 1.56. The zero-order chi connectivity index (χ0) is 15.8. The molecule has 5 heteroatoms. The monoisotopic (exact) mass is 309 g/mol. The van der Waals surface area contributed by atoms with Crippen LogP contribution in [0.15, 0.2) is 41.5 Å². The molecule has 0 spiro atoms. The largest absolute Gasteiger partial charge is 0.507 e. The SMILES string of the molecule is O=C(N/N=C1\CN2CCC1CC2)c1cc2ccccc2cc1O. The van der Waals surface area contributed by atoms with Crippen molar-refractivity contribution in [3.8, 4) is 5.75 Å². The van der Waals surface area contributed by atoms with Gasteiger partial charge in [0.1, 0.15) is 5.75 Å². The van der Waals surface area contributed by atoms with Gasteiger partial charge in [0.05, 0.1) is 11.3 Å². The summed E-state index contributed by atoms with van der Waals surface area (Å²) < 4.78 is 0. The van der Waals surface area contributed by atoms with E-state index in [4.69, 9.17) is 0 Å². The summed E-state index contributed by atoms with van der Waals surface area (Å²) in [4.78, 5) is 14.7. The summed E-state index contributed by atoms with van der Waals surface area (Å²) >= 11 is 0. The van der Waals surface area contributed by atoms with Crippen LogP contribution in [0.4, 0.5) is 0 Å². The third-order valence-electron chi connectivity index (χ3n) is 4.85. The van der Waals surface area contributed by atoms with Gasteiger partial charge in [-0.05, 0) is 48.8 Å². The van der Waals surface area contributed by atoms with Crippen molar-refractivity contribution in [3.63, 3.8) is 0 Å². The Labute approximate surface area is 134 Å². The lowest BCUT2D eigenvalue weighted by Gasteiger charge is -2.39. The van der Waals surface area contributed by atoms with Crippen molar-refractivity contribution >= 4 is 22.4 Å². The minimum atomic E-state index is -0.364. The van der Waals surface area contributed by atoms with Crippen LogP contribution >= 0.6 is 0 Å². The van der Waals surface area contributed by atoms with Crippen LogP contribution in [0.2, 0.25) is 0 Å². The van der Waals surface area contributed by atoms with E-state index in [1.807, 2.05) is 24.3 Å². The number of phenols is 1. The number of benzene rings is 2. The quantitative estimate of drug-likeness (QED) is 0.837. The van der Waals surface area contributed by atoms with E-state index in [1.165, 1.54) is 0 Å². The number of rotatable bonds is 2. The van der Waals surface area contributed by atoms with E-state index in [9.17, 15) is 9.90 Å². The molecule has 5 rings (SSSR count). The zero-order valence-corrected chi connectivity index (χ0v) is 12.8. The Morgan fingerprint density at radius 1 is 1.17 bits per heavy atom. The Kier molecular flexibility index (Phi) is 3.50. The number of hydrogen-bond donors (Lipinski definition) is 2. The predicted octanol–water partition coefficient (Wildman–Crippen LogP) is 2.36. The Hall–Kier alpha value is -2.40. The van der Waals surface area contributed by atoms with E-state index in [-0.39, 0.29) is 17.2 Å². The molecule has 2 N–H and O–H groups in total. The normalized spacial score (nSPS) is 25.0. The molecule has 2 bridgehead atoms. The van der Waals surface area contributed by atoms with Crippen LogP contribution in [0, 0.1) is 5.92 Å². The van der Waals surface area contributed by atoms with Crippen molar-refractivity contribution in [2.45, 2.75) is 12.8 Å². The number of hydrazone groups is 1. The molecule has 3 fully saturated rings. The number of carbonyl (C=O) groups excluding carboxylic acids is 1. The molecule has 0 radical (unpaired) electrons. The molecule has 0 unspecified atom stereocenters. The lowest BCUT2D eigenvalue weighted by molar-refractivity contribution is 0.0950. The molecule has 0 aliphatic carbocycles. The summed E-state index contributed by atoms with van der Waals surface area (Å²) in [5.41, 5.74) is 3.93. The van der Waals surface area contributed by atoms with Gasteiger partial charge in [0, 0.05) is 12.5 Å². The van der Waals surface area contributed by atoms with Gasteiger partial charge in [-0.15, -0.1) is 0 Å². The minimum Gasteiger partial charge on any atom is -0.507 e. The first-order valence-electron chi connectivity index (χ1n) is 8.01. The van der Waals surface area contributed by atoms with Gasteiger partial charge in [-0.3, -0.25) is 9.69 Å². The molecule has 3 heterocycles. The first-order chi connectivity index (χ1) is 11.2. The van der Waals surface area contributed by atoms with Crippen LogP contribution < -0.4 is 5.43 Å². The maximum atomic E-state index is 12.4. The fourth-order valence-electron chi connectivity index (χ4n) is 3.50. The van der Waals surface area contributed by atoms with E-state index in [2.05, 4.69) is 15.4 Å². The van der Waals surface area contributed by atoms with Crippen LogP contribution in [-0.4, -0.2) is 41.3 Å². The molecule has 118 valence electrons. The molecule has 0 atom stereocenters. The van der Waals surface area contributed by atoms with Crippen LogP contribution in [0.3, 0.4) is 0 Å². The maximum Gasteiger partial charge on any atom is 0.275 e. The maximum absolute atomic E-state index is 12.4. The third kappa shape index (κ3) is 2.68. The van der Waals surface area contributed by atoms with Crippen molar-refractivity contribution < 1.29 is 9.90 Å². The molecule has 23 heavy (non-hydrogen) atoms. The van der Waals surface area contributed by atoms with Crippen LogP contribution in [0.5, 0.6) is 5.75 Å². The summed E-state index contributed by atoms with van der Waals surface area (Å²) in [6.45, 7) is 3.10. The van der Waals surface area contributed by atoms with Gasteiger partial charge >= 0.3 is 0 Å². The fourth-order valence-corrected chi connectivity index (χ4v) is 3.50. The highest BCUT2D eigenvalue weighted by molar-refractivity contribution is 6.02. The van der Waals surface area contributed by atoms with Gasteiger partial charge in [-0.1, -0.05) is 24.3 Å². The molecule has 3 aliphatic heterocycles. The van der Waals surface area contributed by atoms with Gasteiger partial charge in [0.25, 0.3) is 5.91 Å². The molecular weight excluding hydrogens is 290 g/mol. The van der Waals surface area contributed by atoms with Gasteiger partial charge in [0.2, 0.25) is 0 Å². The topological polar surface area (TPSA) is 64.9 Å². The lowest BCUT2D eigenvalue weighted by atomic mass is 9.87. The average Bonchev–Trinajstić information content (AvgIpc) is 2.60. The van der Waals surface area contributed by atoms with Gasteiger partial charge < -0.3 is 5.11 Å². The summed E-state index contributed by atoms with van der Waals surface area (Å²) in [7, 11) is 0. The highest BCUT2D eigenvalue weighted by Crippen LogP contribution is 2.26. The molecule has 1 amide bonds. The van der Waals surface area contributed by atoms with Crippen molar-refractivity contribution in [1.82, 2.24) is 10.3 Å². The number of carbonyl (C=O) groups is 1. The van der Waals surface area contributed by atoms with Crippen molar-refractivity contribution in [3.05, 3.63) is 42.0 Å². The number of hydrogen-bond acceptors (Lipinski definition) is 4. The first kappa shape index (κ1) is 14.2. The number of phenolic OH excluding ortho intramolecular Hbond substituents is 1. The molecule has 5 nitrogen and oxygen atoms in total. The molecule has 0 saturated carbocycles. The standard InChI is InChI=1S/C18H19N3O2/c22-17-10-14-4-2-1-3-13(14)9-15(17)18(23)20-19-16-11-21-7-5-12(16)6-8-21/h1-4,9-10,12,22H,5-8,11H2,(H,20,23)/b19-16+. The summed E-state index contributed by atoms with van der Waals surface area (Å²) in [5.74, 6) is 0.109. The highest BCUT2D eigenvalue weighted by atomic mass is 16.3. The Morgan fingerprint density at radius 3 is 2.52 bits per heavy atom. The van der Waals surface area contributed by atoms with Crippen molar-refractivity contribution in [1.29, 1.82) is 0 Å². The number of nitrogens with one attached hydrogen (secondary N) is 1. The third-order valence-corrected chi connectivity index (χ3v) is 4.85. The van der Waals surface area contributed by atoms with Gasteiger partial charge in [-0.25, -0.2) is 5.43 Å². The van der Waals surface area contributed by atoms with Crippen LogP contribution in [0.1, 0.15) is 23.2 Å². The van der Waals surface area contributed by atoms with Crippen molar-refractivity contribution in [2.75, 3.05) is 19.6 Å². The van der Waals surface area contributed by atoms with E-state index >= 15 is 0 Å². The predicted molar refractivity (Wildman–Crippen MR) is 89.7 cm³/mol. The average molecular weight is 309 g/mol. The smallest absolute Gasteiger partial charge is 0.275 e. The Morgan fingerprint density at radius 2 is 1.87 bits per heavy atom. The molecule has 0 aromatic heterocycles. The minimum absolute atomic E-state index is 0.0182. The molecule has 2 aromatic carbocycles. The number of fused-ring (bicyclic) bond motifs is 4. The molecule has 2 aromatic rings. The number of amides is 1. The fraction of sp³-hybridized carbons (Fsp3) is 0.333. The van der Waals surface area contributed by atoms with Crippen LogP contribution in [-0.2, 0) is 0 Å². The molecular formula is C18H19N3O2. The summed E-state index contributed by atoms with van der Waals surface area (Å²) in [5, 5.41) is 16.3. The second-order valence-corrected chi connectivity index (χ2v) is 6.31. The van der Waals surface area contributed by atoms with Gasteiger partial charge in [-0.2, -0.15) is 5.10 Å². The number of piperidine rings is 3. The Bertz CT molecular complexity index is 792.